The zero-order valence-electron chi connectivity index (χ0n) is 16.0. The third-order valence-corrected chi connectivity index (χ3v) is 5.65. The number of para-hydroxylation sites is 1. The Hall–Kier alpha value is -3.45. The molecule has 29 heavy (non-hydrogen) atoms. The molecule has 4 rings (SSSR count). The molecule has 1 N–H and O–H groups in total. The smallest absolute Gasteiger partial charge is 0.281 e. The number of carbonyl (C=O) groups is 1. The molecule has 6 nitrogen and oxygen atoms in total. The summed E-state index contributed by atoms with van der Waals surface area (Å²) in [5.41, 5.74) is 4.89. The number of carbonyl (C=O) groups excluding carboxylic acids is 1. The lowest BCUT2D eigenvalue weighted by Gasteiger charge is -2.10. The minimum atomic E-state index is -0.328. The van der Waals surface area contributed by atoms with Crippen LogP contribution in [0.15, 0.2) is 65.7 Å². The molecule has 0 atom stereocenters. The summed E-state index contributed by atoms with van der Waals surface area (Å²) in [4.78, 5) is 31.7. The van der Waals surface area contributed by atoms with Crippen LogP contribution in [0.25, 0.3) is 21.3 Å². The van der Waals surface area contributed by atoms with Crippen molar-refractivity contribution in [1.82, 2.24) is 9.66 Å². The van der Waals surface area contributed by atoms with Crippen molar-refractivity contribution in [3.05, 3.63) is 81.7 Å². The topological polar surface area (TPSA) is 73.2 Å². The molecule has 0 aliphatic heterocycles. The first kappa shape index (κ1) is 18.9. The number of hydrogen-bond donors (Lipinski definition) is 1. The minimum Gasteiger partial charge on any atom is -0.496 e. The SMILES string of the molecule is COc1ccccc1CC(=O)Nn1cnc2sc(C)c(-c3ccccc3)c2c1=O. The molecule has 0 saturated heterocycles. The maximum Gasteiger partial charge on any atom is 0.281 e. The lowest BCUT2D eigenvalue weighted by Crippen LogP contribution is -2.34. The summed E-state index contributed by atoms with van der Waals surface area (Å²) in [5, 5.41) is 0.513. The molecular formula is C22H19N3O3S. The molecule has 146 valence electrons. The van der Waals surface area contributed by atoms with Crippen LogP contribution in [0.2, 0.25) is 0 Å². The molecule has 0 bridgehead atoms. The van der Waals surface area contributed by atoms with Gasteiger partial charge in [-0.2, -0.15) is 0 Å². The highest BCUT2D eigenvalue weighted by Crippen LogP contribution is 2.35. The Morgan fingerprint density at radius 3 is 2.62 bits per heavy atom. The zero-order valence-corrected chi connectivity index (χ0v) is 16.8. The second kappa shape index (κ2) is 7.89. The molecule has 4 aromatic rings. The number of amides is 1. The van der Waals surface area contributed by atoms with Gasteiger partial charge < -0.3 is 4.74 Å². The Bertz CT molecular complexity index is 1250. The average molecular weight is 405 g/mol. The van der Waals surface area contributed by atoms with Gasteiger partial charge in [-0.15, -0.1) is 11.3 Å². The molecule has 0 saturated carbocycles. The van der Waals surface area contributed by atoms with Crippen LogP contribution in [0, 0.1) is 6.92 Å². The zero-order chi connectivity index (χ0) is 20.4. The summed E-state index contributed by atoms with van der Waals surface area (Å²) in [7, 11) is 1.56. The Labute approximate surface area is 171 Å². The van der Waals surface area contributed by atoms with E-state index in [2.05, 4.69) is 10.4 Å². The van der Waals surface area contributed by atoms with Crippen molar-refractivity contribution < 1.29 is 9.53 Å². The fraction of sp³-hybridized carbons (Fsp3) is 0.136. The number of aryl methyl sites for hydroxylation is 1. The predicted molar refractivity (Wildman–Crippen MR) is 115 cm³/mol. The van der Waals surface area contributed by atoms with Crippen LogP contribution >= 0.6 is 11.3 Å². The molecule has 0 unspecified atom stereocenters. The molecular weight excluding hydrogens is 386 g/mol. The predicted octanol–water partition coefficient (Wildman–Crippen LogP) is 3.75. The summed E-state index contributed by atoms with van der Waals surface area (Å²) in [6.45, 7) is 1.97. The first-order valence-electron chi connectivity index (χ1n) is 9.06. The molecule has 0 aliphatic carbocycles. The first-order valence-corrected chi connectivity index (χ1v) is 9.88. The Morgan fingerprint density at radius 2 is 1.86 bits per heavy atom. The van der Waals surface area contributed by atoms with Gasteiger partial charge in [-0.1, -0.05) is 48.5 Å². The van der Waals surface area contributed by atoms with Gasteiger partial charge in [0.05, 0.1) is 18.9 Å². The number of thiophene rings is 1. The highest BCUT2D eigenvalue weighted by Gasteiger charge is 2.18. The lowest BCUT2D eigenvalue weighted by atomic mass is 10.0. The minimum absolute atomic E-state index is 0.0860. The van der Waals surface area contributed by atoms with Crippen molar-refractivity contribution in [3.63, 3.8) is 0 Å². The van der Waals surface area contributed by atoms with Crippen molar-refractivity contribution >= 4 is 27.5 Å². The number of benzene rings is 2. The van der Waals surface area contributed by atoms with Crippen LogP contribution < -0.4 is 15.7 Å². The van der Waals surface area contributed by atoms with Crippen LogP contribution in [-0.4, -0.2) is 22.7 Å². The summed E-state index contributed by atoms with van der Waals surface area (Å²) >= 11 is 1.47. The molecule has 7 heteroatoms. The second-order valence-corrected chi connectivity index (χ2v) is 7.73. The fourth-order valence-corrected chi connectivity index (χ4v) is 4.33. The molecule has 0 fully saturated rings. The maximum absolute atomic E-state index is 13.1. The number of rotatable bonds is 5. The van der Waals surface area contributed by atoms with E-state index in [1.807, 2.05) is 55.5 Å². The summed E-state index contributed by atoms with van der Waals surface area (Å²) in [5.74, 6) is 0.300. The highest BCUT2D eigenvalue weighted by atomic mass is 32.1. The van der Waals surface area contributed by atoms with E-state index in [-0.39, 0.29) is 17.9 Å². The van der Waals surface area contributed by atoms with Crippen molar-refractivity contribution in [2.24, 2.45) is 0 Å². The number of fused-ring (bicyclic) bond motifs is 1. The van der Waals surface area contributed by atoms with E-state index in [1.165, 1.54) is 17.7 Å². The molecule has 0 aliphatic rings. The van der Waals surface area contributed by atoms with E-state index < -0.39 is 0 Å². The van der Waals surface area contributed by atoms with E-state index >= 15 is 0 Å². The Balaban J connectivity index is 1.69. The fourth-order valence-electron chi connectivity index (χ4n) is 3.33. The second-order valence-electron chi connectivity index (χ2n) is 6.52. The van der Waals surface area contributed by atoms with Crippen LogP contribution in [0.4, 0.5) is 0 Å². The normalized spacial score (nSPS) is 10.8. The van der Waals surface area contributed by atoms with Crippen molar-refractivity contribution in [3.8, 4) is 16.9 Å². The van der Waals surface area contributed by atoms with Crippen molar-refractivity contribution in [2.45, 2.75) is 13.3 Å². The number of ether oxygens (including phenoxy) is 1. The average Bonchev–Trinajstić information content (AvgIpc) is 3.08. The molecule has 0 radical (unpaired) electrons. The van der Waals surface area contributed by atoms with Crippen LogP contribution in [0.1, 0.15) is 10.4 Å². The summed E-state index contributed by atoms with van der Waals surface area (Å²) in [6, 6.07) is 17.0. The van der Waals surface area contributed by atoms with Gasteiger partial charge in [-0.25, -0.2) is 9.66 Å². The van der Waals surface area contributed by atoms with Gasteiger partial charge in [0, 0.05) is 16.0 Å². The van der Waals surface area contributed by atoms with Gasteiger partial charge in [-0.3, -0.25) is 15.0 Å². The van der Waals surface area contributed by atoms with Gasteiger partial charge in [0.25, 0.3) is 5.56 Å². The largest absolute Gasteiger partial charge is 0.496 e. The molecule has 1 amide bonds. The van der Waals surface area contributed by atoms with E-state index in [9.17, 15) is 9.59 Å². The van der Waals surface area contributed by atoms with Gasteiger partial charge in [-0.05, 0) is 18.6 Å². The van der Waals surface area contributed by atoms with E-state index in [1.54, 1.807) is 13.2 Å². The third kappa shape index (κ3) is 3.64. The van der Waals surface area contributed by atoms with Gasteiger partial charge in [0.2, 0.25) is 5.91 Å². The molecule has 2 heterocycles. The van der Waals surface area contributed by atoms with Crippen LogP contribution in [0.3, 0.4) is 0 Å². The molecule has 2 aromatic heterocycles. The van der Waals surface area contributed by atoms with Gasteiger partial charge >= 0.3 is 0 Å². The van der Waals surface area contributed by atoms with Gasteiger partial charge in [0.1, 0.15) is 16.9 Å². The van der Waals surface area contributed by atoms with Gasteiger partial charge in [0.15, 0.2) is 0 Å². The molecule has 0 spiro atoms. The Morgan fingerprint density at radius 1 is 1.14 bits per heavy atom. The van der Waals surface area contributed by atoms with Crippen molar-refractivity contribution in [1.29, 1.82) is 0 Å². The van der Waals surface area contributed by atoms with Crippen LogP contribution in [-0.2, 0) is 11.2 Å². The standard InChI is InChI=1S/C22H19N3O3S/c1-14-19(15-8-4-3-5-9-15)20-21(29-14)23-13-25(22(20)27)24-18(26)12-16-10-6-7-11-17(16)28-2/h3-11,13H,12H2,1-2H3,(H,24,26). The number of hydrogen-bond acceptors (Lipinski definition) is 5. The number of methoxy groups -OCH3 is 1. The highest BCUT2D eigenvalue weighted by molar-refractivity contribution is 7.19. The lowest BCUT2D eigenvalue weighted by molar-refractivity contribution is -0.116. The summed E-state index contributed by atoms with van der Waals surface area (Å²) in [6.07, 6.45) is 1.44. The van der Waals surface area contributed by atoms with Crippen molar-refractivity contribution in [2.75, 3.05) is 12.5 Å². The number of aromatic nitrogens is 2. The first-order chi connectivity index (χ1) is 14.1. The quantitative estimate of drug-likeness (QED) is 0.549. The number of nitrogens with zero attached hydrogens (tertiary/aromatic N) is 2. The number of nitrogens with one attached hydrogen (secondary N) is 1. The monoisotopic (exact) mass is 405 g/mol. The van der Waals surface area contributed by atoms with E-state index in [0.29, 0.717) is 16.0 Å². The Kier molecular flexibility index (Phi) is 5.14. The van der Waals surface area contributed by atoms with Crippen LogP contribution in [0.5, 0.6) is 5.75 Å². The maximum atomic E-state index is 13.1. The summed E-state index contributed by atoms with van der Waals surface area (Å²) < 4.78 is 6.44. The third-order valence-electron chi connectivity index (χ3n) is 4.64. The van der Waals surface area contributed by atoms with E-state index in [4.69, 9.17) is 4.74 Å². The molecule has 2 aromatic carbocycles. The van der Waals surface area contributed by atoms with E-state index in [0.717, 1.165) is 26.2 Å².